The Kier molecular flexibility index (Phi) is 5.00. The number of rotatable bonds is 5. The van der Waals surface area contributed by atoms with Crippen molar-refractivity contribution in [3.8, 4) is 0 Å². The molecule has 2 aromatic rings. The minimum atomic E-state index is -3.80. The Morgan fingerprint density at radius 3 is 2.38 bits per heavy atom. The van der Waals surface area contributed by atoms with Gasteiger partial charge in [0.15, 0.2) is 0 Å². The first kappa shape index (κ1) is 16.0. The van der Waals surface area contributed by atoms with Crippen LogP contribution in [0.5, 0.6) is 0 Å². The Morgan fingerprint density at radius 2 is 1.86 bits per heavy atom. The number of benzene rings is 1. The average Bonchev–Trinajstić information content (AvgIpc) is 2.92. The lowest BCUT2D eigenvalue weighted by Crippen LogP contribution is -2.41. The van der Waals surface area contributed by atoms with Gasteiger partial charge in [-0.3, -0.25) is 10.2 Å². The van der Waals surface area contributed by atoms with Crippen LogP contribution in [0.3, 0.4) is 0 Å². The van der Waals surface area contributed by atoms with E-state index in [1.165, 1.54) is 12.1 Å². The van der Waals surface area contributed by atoms with Gasteiger partial charge >= 0.3 is 0 Å². The number of sulfonamides is 1. The third-order valence-corrected chi connectivity index (χ3v) is 5.71. The number of aryl methyl sites for hydroxylation is 1. The van der Waals surface area contributed by atoms with E-state index in [4.69, 9.17) is 11.6 Å². The van der Waals surface area contributed by atoms with Crippen LogP contribution in [-0.4, -0.2) is 14.3 Å². The summed E-state index contributed by atoms with van der Waals surface area (Å²) in [5.41, 5.74) is 3.64. The zero-order valence-corrected chi connectivity index (χ0v) is 13.5. The Bertz CT molecular complexity index is 739. The van der Waals surface area contributed by atoms with Crippen LogP contribution in [0.15, 0.2) is 40.6 Å². The van der Waals surface area contributed by atoms with Crippen molar-refractivity contribution in [2.45, 2.75) is 17.6 Å². The molecule has 0 unspecified atom stereocenters. The normalized spacial score (nSPS) is 11.3. The van der Waals surface area contributed by atoms with Crippen molar-refractivity contribution < 1.29 is 13.2 Å². The van der Waals surface area contributed by atoms with E-state index in [0.29, 0.717) is 9.90 Å². The molecule has 0 bridgehead atoms. The summed E-state index contributed by atoms with van der Waals surface area (Å²) in [5.74, 6) is -0.524. The third-order valence-electron chi connectivity index (χ3n) is 2.74. The Labute approximate surface area is 132 Å². The van der Waals surface area contributed by atoms with Crippen LogP contribution in [0.4, 0.5) is 0 Å². The molecule has 0 saturated carbocycles. The fraction of sp³-hybridized carbons (Fsp3) is 0.154. The van der Waals surface area contributed by atoms with Crippen molar-refractivity contribution in [1.29, 1.82) is 0 Å². The number of hydrogen-bond donors (Lipinski definition) is 2. The topological polar surface area (TPSA) is 75.3 Å². The van der Waals surface area contributed by atoms with Gasteiger partial charge in [0.05, 0.1) is 4.34 Å². The van der Waals surface area contributed by atoms with E-state index in [9.17, 15) is 13.2 Å². The number of hydrazine groups is 1. The molecule has 0 atom stereocenters. The summed E-state index contributed by atoms with van der Waals surface area (Å²) >= 11 is 6.60. The lowest BCUT2D eigenvalue weighted by Gasteiger charge is -2.07. The Balaban J connectivity index is 2.03. The number of carbonyl (C=O) groups excluding carboxylic acids is 1. The van der Waals surface area contributed by atoms with Gasteiger partial charge in [0, 0.05) is 5.56 Å². The van der Waals surface area contributed by atoms with Crippen molar-refractivity contribution in [3.05, 3.63) is 51.9 Å². The maximum atomic E-state index is 11.9. The first-order valence-electron chi connectivity index (χ1n) is 6.09. The van der Waals surface area contributed by atoms with Gasteiger partial charge in [0.2, 0.25) is 0 Å². The molecule has 0 saturated heterocycles. The zero-order valence-electron chi connectivity index (χ0n) is 11.1. The summed E-state index contributed by atoms with van der Waals surface area (Å²) in [6.07, 6.45) is 0.869. The van der Waals surface area contributed by atoms with Gasteiger partial charge < -0.3 is 0 Å². The number of thiophene rings is 1. The smallest absolute Gasteiger partial charge is 0.266 e. The SMILES string of the molecule is CCc1ccc(C(=O)NNS(=O)(=O)c2ccc(Cl)s2)cc1. The lowest BCUT2D eigenvalue weighted by atomic mass is 10.1. The predicted octanol–water partition coefficient (Wildman–Crippen LogP) is 2.59. The van der Waals surface area contributed by atoms with E-state index >= 15 is 0 Å². The Hall–Kier alpha value is -1.41. The fourth-order valence-electron chi connectivity index (χ4n) is 1.57. The zero-order chi connectivity index (χ0) is 15.5. The molecule has 0 spiro atoms. The Morgan fingerprint density at radius 1 is 1.19 bits per heavy atom. The first-order chi connectivity index (χ1) is 9.92. The minimum Gasteiger partial charge on any atom is -0.273 e. The second kappa shape index (κ2) is 6.57. The van der Waals surface area contributed by atoms with Gasteiger partial charge in [-0.15, -0.1) is 16.2 Å². The highest BCUT2D eigenvalue weighted by atomic mass is 35.5. The summed E-state index contributed by atoms with van der Waals surface area (Å²) in [5, 5.41) is 0. The second-order valence-electron chi connectivity index (χ2n) is 4.17. The molecule has 1 aromatic carbocycles. The molecule has 8 heteroatoms. The van der Waals surface area contributed by atoms with E-state index in [1.807, 2.05) is 23.9 Å². The molecule has 0 fully saturated rings. The van der Waals surface area contributed by atoms with Gasteiger partial charge in [-0.05, 0) is 36.2 Å². The summed E-state index contributed by atoms with van der Waals surface area (Å²) < 4.78 is 24.2. The van der Waals surface area contributed by atoms with E-state index in [2.05, 4.69) is 5.43 Å². The molecule has 21 heavy (non-hydrogen) atoms. The highest BCUT2D eigenvalue weighted by Gasteiger charge is 2.17. The molecule has 0 aliphatic rings. The van der Waals surface area contributed by atoms with Crippen molar-refractivity contribution in [2.75, 3.05) is 0 Å². The molecule has 2 rings (SSSR count). The highest BCUT2D eigenvalue weighted by molar-refractivity contribution is 7.91. The van der Waals surface area contributed by atoms with Crippen LogP contribution in [0.2, 0.25) is 4.34 Å². The quantitative estimate of drug-likeness (QED) is 0.818. The minimum absolute atomic E-state index is 0.0362. The van der Waals surface area contributed by atoms with E-state index < -0.39 is 15.9 Å². The van der Waals surface area contributed by atoms with E-state index in [-0.39, 0.29) is 4.21 Å². The maximum Gasteiger partial charge on any atom is 0.266 e. The van der Waals surface area contributed by atoms with Crippen molar-refractivity contribution in [2.24, 2.45) is 0 Å². The molecule has 1 amide bonds. The van der Waals surface area contributed by atoms with Crippen LogP contribution < -0.4 is 10.3 Å². The van der Waals surface area contributed by atoms with E-state index in [1.54, 1.807) is 12.1 Å². The maximum absolute atomic E-state index is 11.9. The molecule has 0 radical (unpaired) electrons. The number of halogens is 1. The molecule has 1 heterocycles. The van der Waals surface area contributed by atoms with Crippen LogP contribution >= 0.6 is 22.9 Å². The molecular weight excluding hydrogens is 332 g/mol. The second-order valence-corrected chi connectivity index (χ2v) is 7.79. The van der Waals surface area contributed by atoms with Gasteiger partial charge in [-0.1, -0.05) is 30.7 Å². The largest absolute Gasteiger partial charge is 0.273 e. The number of hydrogen-bond acceptors (Lipinski definition) is 4. The molecule has 112 valence electrons. The third kappa shape index (κ3) is 4.04. The lowest BCUT2D eigenvalue weighted by molar-refractivity contribution is 0.0945. The average molecular weight is 345 g/mol. The molecule has 2 N–H and O–H groups in total. The number of carbonyl (C=O) groups is 1. The summed E-state index contributed by atoms with van der Waals surface area (Å²) in [4.78, 5) is 13.9. The summed E-state index contributed by atoms with van der Waals surface area (Å²) in [6, 6.07) is 9.78. The van der Waals surface area contributed by atoms with Crippen LogP contribution in [0.1, 0.15) is 22.8 Å². The molecule has 5 nitrogen and oxygen atoms in total. The van der Waals surface area contributed by atoms with Gasteiger partial charge in [0.25, 0.3) is 15.9 Å². The van der Waals surface area contributed by atoms with Crippen molar-refractivity contribution in [3.63, 3.8) is 0 Å². The first-order valence-corrected chi connectivity index (χ1v) is 8.76. The van der Waals surface area contributed by atoms with Crippen LogP contribution in [0, 0.1) is 0 Å². The van der Waals surface area contributed by atoms with Crippen LogP contribution in [0.25, 0.3) is 0 Å². The number of nitrogens with one attached hydrogen (secondary N) is 2. The van der Waals surface area contributed by atoms with Crippen LogP contribution in [-0.2, 0) is 16.4 Å². The molecule has 0 aliphatic carbocycles. The fourth-order valence-corrected chi connectivity index (χ4v) is 3.89. The number of amides is 1. The summed E-state index contributed by atoms with van der Waals surface area (Å²) in [7, 11) is -3.80. The highest BCUT2D eigenvalue weighted by Crippen LogP contribution is 2.24. The van der Waals surface area contributed by atoms with E-state index in [0.717, 1.165) is 23.3 Å². The van der Waals surface area contributed by atoms with Crippen molar-refractivity contribution >= 4 is 38.9 Å². The molecule has 1 aromatic heterocycles. The monoisotopic (exact) mass is 344 g/mol. The summed E-state index contributed by atoms with van der Waals surface area (Å²) in [6.45, 7) is 2.01. The van der Waals surface area contributed by atoms with Crippen molar-refractivity contribution in [1.82, 2.24) is 10.3 Å². The van der Waals surface area contributed by atoms with Gasteiger partial charge in [0.1, 0.15) is 4.21 Å². The molecule has 0 aliphatic heterocycles. The standard InChI is InChI=1S/C13H13ClN2O3S2/c1-2-9-3-5-10(6-4-9)13(17)15-16-21(18,19)12-8-7-11(14)20-12/h3-8,16H,2H2,1H3,(H,15,17). The van der Waals surface area contributed by atoms with Gasteiger partial charge in [-0.25, -0.2) is 8.42 Å². The molecular formula is C13H13ClN2O3S2. The van der Waals surface area contributed by atoms with Gasteiger partial charge in [-0.2, -0.15) is 0 Å². The predicted molar refractivity (Wildman–Crippen MR) is 82.9 cm³/mol.